The molecule has 30 heavy (non-hydrogen) atoms. The lowest BCUT2D eigenvalue weighted by Gasteiger charge is -2.36. The summed E-state index contributed by atoms with van der Waals surface area (Å²) >= 11 is 0. The highest BCUT2D eigenvalue weighted by Crippen LogP contribution is 2.20. The topological polar surface area (TPSA) is 98.8 Å². The Morgan fingerprint density at radius 3 is 2.13 bits per heavy atom. The van der Waals surface area contributed by atoms with E-state index >= 15 is 0 Å². The minimum absolute atomic E-state index is 0.130. The molecular weight excluding hydrogens is 384 g/mol. The van der Waals surface area contributed by atoms with Gasteiger partial charge in [0.2, 0.25) is 11.8 Å². The molecule has 1 atom stereocenters. The predicted molar refractivity (Wildman–Crippen MR) is 111 cm³/mol. The number of piperazine rings is 1. The van der Waals surface area contributed by atoms with E-state index in [-0.39, 0.29) is 23.8 Å². The Labute approximate surface area is 177 Å². The molecule has 1 aliphatic carbocycles. The van der Waals surface area contributed by atoms with Crippen LogP contribution in [0.2, 0.25) is 0 Å². The maximum Gasteiger partial charge on any atom is 0.312 e. The van der Waals surface area contributed by atoms with Gasteiger partial charge in [0.05, 0.1) is 0 Å². The second-order valence-electron chi connectivity index (χ2n) is 8.37. The molecule has 1 saturated carbocycles. The maximum atomic E-state index is 13.2. The van der Waals surface area contributed by atoms with Gasteiger partial charge in [0, 0.05) is 38.6 Å². The molecule has 1 heterocycles. The Kier molecular flexibility index (Phi) is 7.07. The number of nitrogens with zero attached hydrogens (tertiary/aromatic N) is 2. The molecule has 8 heteroatoms. The van der Waals surface area contributed by atoms with E-state index in [4.69, 9.17) is 0 Å². The van der Waals surface area contributed by atoms with Crippen LogP contribution in [0.3, 0.4) is 0 Å². The Morgan fingerprint density at radius 2 is 1.57 bits per heavy atom. The van der Waals surface area contributed by atoms with Gasteiger partial charge in [-0.2, -0.15) is 0 Å². The number of rotatable bonds is 6. The lowest BCUT2D eigenvalue weighted by Crippen LogP contribution is -2.55. The van der Waals surface area contributed by atoms with Crippen LogP contribution in [0, 0.1) is 5.92 Å². The van der Waals surface area contributed by atoms with Crippen LogP contribution < -0.4 is 10.6 Å². The molecule has 0 spiro atoms. The molecule has 0 bridgehead atoms. The molecule has 1 aromatic carbocycles. The summed E-state index contributed by atoms with van der Waals surface area (Å²) in [5, 5.41) is 5.57. The SMILES string of the molecule is CC(C)CC(=O)NC(C(=O)N1CCN(C(=O)C(=O)NC2CC2)CC1)c1ccccc1. The number of hydrogen-bond donors (Lipinski definition) is 2. The zero-order valence-corrected chi connectivity index (χ0v) is 17.6. The number of benzene rings is 1. The largest absolute Gasteiger partial charge is 0.345 e. The normalized spacial score (nSPS) is 17.4. The third kappa shape index (κ3) is 5.81. The molecular formula is C22H30N4O4. The summed E-state index contributed by atoms with van der Waals surface area (Å²) in [6.45, 7) is 5.15. The number of carbonyl (C=O) groups is 4. The van der Waals surface area contributed by atoms with Gasteiger partial charge in [0.25, 0.3) is 0 Å². The monoisotopic (exact) mass is 414 g/mol. The summed E-state index contributed by atoms with van der Waals surface area (Å²) in [6, 6.07) is 8.53. The molecule has 3 rings (SSSR count). The van der Waals surface area contributed by atoms with Crippen LogP contribution in [-0.2, 0) is 19.2 Å². The number of nitrogens with one attached hydrogen (secondary N) is 2. The molecule has 2 aliphatic rings. The molecule has 1 saturated heterocycles. The van der Waals surface area contributed by atoms with Crippen molar-refractivity contribution in [2.45, 2.75) is 45.2 Å². The molecule has 2 N–H and O–H groups in total. The second-order valence-corrected chi connectivity index (χ2v) is 8.37. The molecule has 0 aromatic heterocycles. The summed E-state index contributed by atoms with van der Waals surface area (Å²) in [6.07, 6.45) is 2.18. The smallest absolute Gasteiger partial charge is 0.312 e. The zero-order chi connectivity index (χ0) is 21.7. The third-order valence-electron chi connectivity index (χ3n) is 5.26. The van der Waals surface area contributed by atoms with Crippen LogP contribution in [-0.4, -0.2) is 65.6 Å². The predicted octanol–water partition coefficient (Wildman–Crippen LogP) is 0.839. The van der Waals surface area contributed by atoms with Crippen molar-refractivity contribution in [3.63, 3.8) is 0 Å². The van der Waals surface area contributed by atoms with E-state index in [0.29, 0.717) is 32.6 Å². The van der Waals surface area contributed by atoms with Gasteiger partial charge in [-0.25, -0.2) is 0 Å². The number of carbonyl (C=O) groups excluding carboxylic acids is 4. The Morgan fingerprint density at radius 1 is 0.967 bits per heavy atom. The van der Waals surface area contributed by atoms with E-state index in [0.717, 1.165) is 18.4 Å². The Bertz CT molecular complexity index is 784. The van der Waals surface area contributed by atoms with Crippen molar-refractivity contribution in [2.75, 3.05) is 26.2 Å². The summed E-state index contributed by atoms with van der Waals surface area (Å²) in [5.74, 6) is -1.29. The van der Waals surface area contributed by atoms with Gasteiger partial charge in [0.1, 0.15) is 6.04 Å². The van der Waals surface area contributed by atoms with E-state index in [2.05, 4.69) is 10.6 Å². The van der Waals surface area contributed by atoms with Crippen molar-refractivity contribution in [3.05, 3.63) is 35.9 Å². The highest BCUT2D eigenvalue weighted by atomic mass is 16.2. The van der Waals surface area contributed by atoms with E-state index in [1.54, 1.807) is 4.90 Å². The van der Waals surface area contributed by atoms with Crippen LogP contribution in [0.15, 0.2) is 30.3 Å². The fraction of sp³-hybridized carbons (Fsp3) is 0.545. The fourth-order valence-electron chi connectivity index (χ4n) is 3.45. The zero-order valence-electron chi connectivity index (χ0n) is 17.6. The Balaban J connectivity index is 1.61. The minimum atomic E-state index is -0.766. The van der Waals surface area contributed by atoms with Gasteiger partial charge in [-0.1, -0.05) is 44.2 Å². The van der Waals surface area contributed by atoms with E-state index < -0.39 is 17.9 Å². The van der Waals surface area contributed by atoms with Gasteiger partial charge >= 0.3 is 11.8 Å². The molecule has 0 radical (unpaired) electrons. The number of hydrogen-bond acceptors (Lipinski definition) is 4. The molecule has 1 aromatic rings. The minimum Gasteiger partial charge on any atom is -0.345 e. The fourth-order valence-corrected chi connectivity index (χ4v) is 3.45. The van der Waals surface area contributed by atoms with Crippen LogP contribution in [0.1, 0.15) is 44.7 Å². The van der Waals surface area contributed by atoms with Gasteiger partial charge in [-0.3, -0.25) is 19.2 Å². The van der Waals surface area contributed by atoms with Crippen molar-refractivity contribution < 1.29 is 19.2 Å². The second kappa shape index (κ2) is 9.73. The van der Waals surface area contributed by atoms with Gasteiger partial charge < -0.3 is 20.4 Å². The van der Waals surface area contributed by atoms with Crippen molar-refractivity contribution in [3.8, 4) is 0 Å². The third-order valence-corrected chi connectivity index (χ3v) is 5.26. The molecule has 2 fully saturated rings. The standard InChI is InChI=1S/C22H30N4O4/c1-15(2)14-18(27)24-19(16-6-4-3-5-7-16)21(29)25-10-12-26(13-11-25)22(30)20(28)23-17-8-9-17/h3-7,15,17,19H,8-14H2,1-2H3,(H,23,28)(H,24,27). The molecule has 8 nitrogen and oxygen atoms in total. The first-order valence-corrected chi connectivity index (χ1v) is 10.6. The molecule has 162 valence electrons. The first-order chi connectivity index (χ1) is 14.3. The molecule has 1 aliphatic heterocycles. The summed E-state index contributed by atoms with van der Waals surface area (Å²) in [7, 11) is 0. The van der Waals surface area contributed by atoms with E-state index in [1.165, 1.54) is 4.90 Å². The first-order valence-electron chi connectivity index (χ1n) is 10.6. The average Bonchev–Trinajstić information content (AvgIpc) is 3.55. The van der Waals surface area contributed by atoms with Crippen molar-refractivity contribution in [1.29, 1.82) is 0 Å². The van der Waals surface area contributed by atoms with Crippen LogP contribution in [0.5, 0.6) is 0 Å². The quantitative estimate of drug-likeness (QED) is 0.674. The highest BCUT2D eigenvalue weighted by Gasteiger charge is 2.34. The van der Waals surface area contributed by atoms with Crippen molar-refractivity contribution >= 4 is 23.6 Å². The van der Waals surface area contributed by atoms with E-state index in [1.807, 2.05) is 44.2 Å². The number of amides is 4. The van der Waals surface area contributed by atoms with Gasteiger partial charge in [-0.15, -0.1) is 0 Å². The first kappa shape index (κ1) is 21.8. The Hall–Kier alpha value is -2.90. The van der Waals surface area contributed by atoms with Crippen molar-refractivity contribution in [1.82, 2.24) is 20.4 Å². The van der Waals surface area contributed by atoms with Gasteiger partial charge in [-0.05, 0) is 24.3 Å². The lowest BCUT2D eigenvalue weighted by molar-refractivity contribution is -0.149. The van der Waals surface area contributed by atoms with E-state index in [9.17, 15) is 19.2 Å². The molecule has 4 amide bonds. The summed E-state index contributed by atoms with van der Waals surface area (Å²) < 4.78 is 0. The highest BCUT2D eigenvalue weighted by molar-refractivity contribution is 6.35. The van der Waals surface area contributed by atoms with Crippen LogP contribution >= 0.6 is 0 Å². The lowest BCUT2D eigenvalue weighted by atomic mass is 10.0. The van der Waals surface area contributed by atoms with Crippen LogP contribution in [0.25, 0.3) is 0 Å². The van der Waals surface area contributed by atoms with Crippen LogP contribution in [0.4, 0.5) is 0 Å². The maximum absolute atomic E-state index is 13.2. The average molecular weight is 415 g/mol. The van der Waals surface area contributed by atoms with Crippen molar-refractivity contribution in [2.24, 2.45) is 5.92 Å². The summed E-state index contributed by atoms with van der Waals surface area (Å²) in [4.78, 5) is 53.0. The summed E-state index contributed by atoms with van der Waals surface area (Å²) in [5.41, 5.74) is 0.724. The molecule has 1 unspecified atom stereocenters. The van der Waals surface area contributed by atoms with Gasteiger partial charge in [0.15, 0.2) is 0 Å².